The van der Waals surface area contributed by atoms with Crippen LogP contribution in [0.2, 0.25) is 5.02 Å². The van der Waals surface area contributed by atoms with Crippen LogP contribution in [0, 0.1) is 0 Å². The fraction of sp³-hybridized carbons (Fsp3) is 0.154. The molecule has 0 saturated heterocycles. The topological polar surface area (TPSA) is 67.8 Å². The van der Waals surface area contributed by atoms with Crippen molar-refractivity contribution >= 4 is 17.4 Å². The first-order valence-corrected chi connectivity index (χ1v) is 6.19. The second kappa shape index (κ2) is 5.61. The number of nitrogens with zero attached hydrogens (tertiary/aromatic N) is 2. The molecule has 0 bridgehead atoms. The van der Waals surface area contributed by atoms with Gasteiger partial charge in [0, 0.05) is 10.6 Å². The lowest BCUT2D eigenvalue weighted by molar-refractivity contribution is -0.137. The summed E-state index contributed by atoms with van der Waals surface area (Å²) >= 11 is 5.75. The summed E-state index contributed by atoms with van der Waals surface area (Å²) in [5, 5.41) is 6.33. The molecule has 0 aliphatic carbocycles. The van der Waals surface area contributed by atoms with Crippen LogP contribution in [0.15, 0.2) is 41.7 Å². The van der Waals surface area contributed by atoms with Crippen LogP contribution in [0.4, 0.5) is 8.78 Å². The van der Waals surface area contributed by atoms with Gasteiger partial charge in [-0.2, -0.15) is 13.9 Å². The lowest BCUT2D eigenvalue weighted by Gasteiger charge is -2.11. The Kier molecular flexibility index (Phi) is 4.04. The molecule has 0 unspecified atom stereocenters. The minimum atomic E-state index is -3.70. The molecule has 0 aliphatic heterocycles. The van der Waals surface area contributed by atoms with Crippen LogP contribution in [0.3, 0.4) is 0 Å². The molecule has 1 heterocycles. The average molecular weight is 314 g/mol. The van der Waals surface area contributed by atoms with Gasteiger partial charge in [-0.1, -0.05) is 18.2 Å². The van der Waals surface area contributed by atoms with Crippen LogP contribution in [0.1, 0.15) is 0 Å². The van der Waals surface area contributed by atoms with Crippen molar-refractivity contribution in [3.63, 3.8) is 0 Å². The molecule has 1 aromatic carbocycles. The summed E-state index contributed by atoms with van der Waals surface area (Å²) in [7, 11) is 0. The number of Topliss-reactive ketones (excluding diaryl/α,β-unsaturated/α-hetero) is 1. The number of carbonyl (C=O) groups excluding carboxylic acids is 1. The van der Waals surface area contributed by atoms with Gasteiger partial charge in [0.15, 0.2) is 5.82 Å². The lowest BCUT2D eigenvalue weighted by atomic mass is 10.2. The second-order valence-electron chi connectivity index (χ2n) is 4.20. The molecule has 110 valence electrons. The van der Waals surface area contributed by atoms with E-state index in [1.54, 1.807) is 24.3 Å². The third-order valence-electron chi connectivity index (χ3n) is 2.79. The Balaban J connectivity index is 2.40. The van der Waals surface area contributed by atoms with Gasteiger partial charge < -0.3 is 0 Å². The first-order chi connectivity index (χ1) is 9.85. The molecule has 0 atom stereocenters. The summed E-state index contributed by atoms with van der Waals surface area (Å²) in [6.45, 7) is 2.09. The highest BCUT2D eigenvalue weighted by Crippen LogP contribution is 2.20. The van der Waals surface area contributed by atoms with Crippen LogP contribution < -0.4 is 5.69 Å². The maximum atomic E-state index is 13.2. The number of halogens is 3. The number of benzene rings is 1. The van der Waals surface area contributed by atoms with Crippen molar-refractivity contribution in [1.29, 1.82) is 0 Å². The Morgan fingerprint density at radius 1 is 1.43 bits per heavy atom. The summed E-state index contributed by atoms with van der Waals surface area (Å²) in [4.78, 5) is 23.1. The van der Waals surface area contributed by atoms with Crippen molar-refractivity contribution in [3.8, 4) is 11.4 Å². The molecule has 1 aromatic heterocycles. The molecule has 0 radical (unpaired) electrons. The van der Waals surface area contributed by atoms with Crippen LogP contribution in [-0.4, -0.2) is 26.5 Å². The zero-order valence-corrected chi connectivity index (χ0v) is 11.4. The molecular formula is C13H10ClF2N3O2. The van der Waals surface area contributed by atoms with E-state index >= 15 is 0 Å². The first-order valence-electron chi connectivity index (χ1n) is 5.81. The highest BCUT2D eigenvalue weighted by Gasteiger charge is 2.35. The van der Waals surface area contributed by atoms with E-state index in [0.717, 1.165) is 4.57 Å². The zero-order valence-electron chi connectivity index (χ0n) is 10.6. The van der Waals surface area contributed by atoms with Crippen LogP contribution in [0.25, 0.3) is 11.4 Å². The summed E-state index contributed by atoms with van der Waals surface area (Å²) in [5.41, 5.74) is -0.291. The molecule has 21 heavy (non-hydrogen) atoms. The number of aromatic amines is 1. The molecule has 2 rings (SSSR count). The number of rotatable bonds is 5. The van der Waals surface area contributed by atoms with Crippen molar-refractivity contribution in [2.24, 2.45) is 0 Å². The number of alkyl halides is 2. The van der Waals surface area contributed by atoms with Gasteiger partial charge in [0.05, 0.1) is 6.54 Å². The molecule has 8 heteroatoms. The smallest absolute Gasteiger partial charge is 0.291 e. The third-order valence-corrected chi connectivity index (χ3v) is 3.04. The van der Waals surface area contributed by atoms with Gasteiger partial charge in [-0.3, -0.25) is 9.36 Å². The molecule has 0 saturated carbocycles. The average Bonchev–Trinajstić information content (AvgIpc) is 2.81. The van der Waals surface area contributed by atoms with E-state index < -0.39 is 23.9 Å². The molecule has 0 aliphatic rings. The number of allylic oxidation sites excluding steroid dienone is 1. The van der Waals surface area contributed by atoms with Gasteiger partial charge in [-0.25, -0.2) is 9.89 Å². The lowest BCUT2D eigenvalue weighted by Crippen LogP contribution is -2.33. The van der Waals surface area contributed by atoms with Crippen LogP contribution in [0.5, 0.6) is 0 Å². The molecule has 0 fully saturated rings. The quantitative estimate of drug-likeness (QED) is 0.861. The maximum Gasteiger partial charge on any atom is 0.343 e. The Morgan fingerprint density at radius 3 is 2.62 bits per heavy atom. The third kappa shape index (κ3) is 3.08. The molecule has 2 aromatic rings. The Hall–Kier alpha value is -2.28. The predicted molar refractivity (Wildman–Crippen MR) is 73.4 cm³/mol. The fourth-order valence-electron chi connectivity index (χ4n) is 1.65. The number of H-pyrrole nitrogens is 1. The number of ketones is 1. The van der Waals surface area contributed by atoms with Crippen molar-refractivity contribution in [2.75, 3.05) is 0 Å². The van der Waals surface area contributed by atoms with Gasteiger partial charge in [0.1, 0.15) is 0 Å². The van der Waals surface area contributed by atoms with Crippen molar-refractivity contribution < 1.29 is 13.6 Å². The van der Waals surface area contributed by atoms with E-state index in [4.69, 9.17) is 11.6 Å². The number of hydrogen-bond acceptors (Lipinski definition) is 3. The van der Waals surface area contributed by atoms with Gasteiger partial charge in [-0.15, -0.1) is 0 Å². The summed E-state index contributed by atoms with van der Waals surface area (Å²) < 4.78 is 27.3. The largest absolute Gasteiger partial charge is 0.343 e. The molecule has 0 amide bonds. The van der Waals surface area contributed by atoms with Crippen molar-refractivity contribution in [2.45, 2.75) is 12.5 Å². The van der Waals surface area contributed by atoms with E-state index in [-0.39, 0.29) is 11.9 Å². The standard InChI is InChI=1S/C13H10ClF2N3O2/c1-2-13(15,16)10(20)7-19-11(17-18-12(19)21)8-3-5-9(14)6-4-8/h2-6H,1,7H2,(H,18,21). The van der Waals surface area contributed by atoms with Crippen LogP contribution >= 0.6 is 11.6 Å². The summed E-state index contributed by atoms with van der Waals surface area (Å²) in [6.07, 6.45) is 0.239. The van der Waals surface area contributed by atoms with E-state index in [2.05, 4.69) is 16.8 Å². The number of hydrogen-bond donors (Lipinski definition) is 1. The Labute approximate surface area is 122 Å². The van der Waals surface area contributed by atoms with Gasteiger partial charge >= 0.3 is 11.6 Å². The minimum absolute atomic E-state index is 0.0740. The van der Waals surface area contributed by atoms with E-state index in [1.165, 1.54) is 0 Å². The SMILES string of the molecule is C=CC(F)(F)C(=O)Cn1c(-c2ccc(Cl)cc2)n[nH]c1=O. The van der Waals surface area contributed by atoms with Crippen molar-refractivity contribution in [1.82, 2.24) is 14.8 Å². The first kappa shape index (κ1) is 15.1. The molecule has 0 spiro atoms. The summed E-state index contributed by atoms with van der Waals surface area (Å²) in [5.74, 6) is -5.07. The number of carbonyl (C=O) groups is 1. The van der Waals surface area contributed by atoms with Gasteiger partial charge in [-0.05, 0) is 30.3 Å². The van der Waals surface area contributed by atoms with E-state index in [1.807, 2.05) is 0 Å². The van der Waals surface area contributed by atoms with Gasteiger partial charge in [0.25, 0.3) is 0 Å². The Morgan fingerprint density at radius 2 is 2.05 bits per heavy atom. The van der Waals surface area contributed by atoms with Crippen LogP contribution in [-0.2, 0) is 11.3 Å². The molecule has 5 nitrogen and oxygen atoms in total. The maximum absolute atomic E-state index is 13.2. The zero-order chi connectivity index (χ0) is 15.6. The number of aromatic nitrogens is 3. The predicted octanol–water partition coefficient (Wildman–Crippen LogP) is 2.28. The summed E-state index contributed by atoms with van der Waals surface area (Å²) in [6, 6.07) is 6.23. The second-order valence-corrected chi connectivity index (χ2v) is 4.63. The highest BCUT2D eigenvalue weighted by molar-refractivity contribution is 6.30. The minimum Gasteiger partial charge on any atom is -0.291 e. The monoisotopic (exact) mass is 313 g/mol. The van der Waals surface area contributed by atoms with E-state index in [0.29, 0.717) is 10.6 Å². The van der Waals surface area contributed by atoms with Gasteiger partial charge in [0.2, 0.25) is 5.78 Å². The fourth-order valence-corrected chi connectivity index (χ4v) is 1.77. The highest BCUT2D eigenvalue weighted by atomic mass is 35.5. The normalized spacial score (nSPS) is 11.4. The van der Waals surface area contributed by atoms with Crippen molar-refractivity contribution in [3.05, 3.63) is 52.4 Å². The Bertz CT molecular complexity index is 735. The molecular weight excluding hydrogens is 304 g/mol. The molecule has 1 N–H and O–H groups in total. The number of nitrogens with one attached hydrogen (secondary N) is 1. The van der Waals surface area contributed by atoms with E-state index in [9.17, 15) is 18.4 Å².